The van der Waals surface area contributed by atoms with Gasteiger partial charge in [-0.15, -0.1) is 0 Å². The molecule has 2 saturated heterocycles. The Bertz CT molecular complexity index is 633. The highest BCUT2D eigenvalue weighted by Crippen LogP contribution is 2.36. The van der Waals surface area contributed by atoms with Crippen molar-refractivity contribution in [1.29, 1.82) is 0 Å². The van der Waals surface area contributed by atoms with Crippen molar-refractivity contribution in [2.24, 2.45) is 0 Å². The highest BCUT2D eigenvalue weighted by Gasteiger charge is 2.48. The van der Waals surface area contributed by atoms with Gasteiger partial charge in [0.05, 0.1) is 26.3 Å². The van der Waals surface area contributed by atoms with E-state index >= 15 is 0 Å². The minimum atomic E-state index is -0.319. The minimum absolute atomic E-state index is 0.143. The zero-order valence-corrected chi connectivity index (χ0v) is 17.0. The number of benzene rings is 1. The fourth-order valence-corrected chi connectivity index (χ4v) is 4.25. The average Bonchev–Trinajstić information content (AvgIpc) is 3.00. The average molecular weight is 376 g/mol. The van der Waals surface area contributed by atoms with Crippen LogP contribution in [0.1, 0.15) is 45.1 Å². The summed E-state index contributed by atoms with van der Waals surface area (Å²) in [6, 6.07) is 6.12. The Kier molecular flexibility index (Phi) is 6.15. The van der Waals surface area contributed by atoms with Crippen LogP contribution in [-0.2, 0) is 11.3 Å². The van der Waals surface area contributed by atoms with Crippen LogP contribution in [-0.4, -0.2) is 61.4 Å². The zero-order valence-electron chi connectivity index (χ0n) is 17.0. The lowest BCUT2D eigenvalue weighted by Crippen LogP contribution is -2.47. The predicted octanol–water partition coefficient (Wildman–Crippen LogP) is 3.68. The number of hydrogen-bond acceptors (Lipinski definition) is 5. The first-order valence-corrected chi connectivity index (χ1v) is 9.93. The third-order valence-corrected chi connectivity index (χ3v) is 5.91. The number of ether oxygens (including phenoxy) is 3. The van der Waals surface area contributed by atoms with E-state index in [1.54, 1.807) is 14.2 Å². The molecule has 1 atom stereocenters. The van der Waals surface area contributed by atoms with Gasteiger partial charge in [0, 0.05) is 38.5 Å². The van der Waals surface area contributed by atoms with E-state index in [1.807, 2.05) is 23.1 Å². The van der Waals surface area contributed by atoms with Crippen molar-refractivity contribution in [3.8, 4) is 11.5 Å². The third kappa shape index (κ3) is 4.15. The maximum Gasteiger partial charge on any atom is 0.410 e. The van der Waals surface area contributed by atoms with Gasteiger partial charge < -0.3 is 19.1 Å². The van der Waals surface area contributed by atoms with Gasteiger partial charge in [-0.2, -0.15) is 0 Å². The number of piperidine rings is 1. The molecule has 1 amide bonds. The number of nitrogens with zero attached hydrogens (tertiary/aromatic N) is 2. The molecule has 0 aliphatic carbocycles. The highest BCUT2D eigenvalue weighted by atomic mass is 16.6. The van der Waals surface area contributed by atoms with E-state index in [2.05, 4.69) is 18.7 Å². The van der Waals surface area contributed by atoms with Gasteiger partial charge in [0.25, 0.3) is 0 Å². The van der Waals surface area contributed by atoms with E-state index in [4.69, 9.17) is 14.2 Å². The number of rotatable bonds is 7. The molecule has 0 saturated carbocycles. The van der Waals surface area contributed by atoms with Crippen LogP contribution >= 0.6 is 0 Å². The molecule has 0 radical (unpaired) electrons. The van der Waals surface area contributed by atoms with Gasteiger partial charge >= 0.3 is 6.09 Å². The van der Waals surface area contributed by atoms with E-state index in [9.17, 15) is 4.79 Å². The number of carbonyl (C=O) groups excluding carboxylic acids is 1. The molecule has 1 spiro atoms. The highest BCUT2D eigenvalue weighted by molar-refractivity contribution is 5.71. The van der Waals surface area contributed by atoms with Gasteiger partial charge in [0.1, 0.15) is 17.1 Å². The standard InChI is InChI=1S/C21H32N2O4/c1-5-7-16(2)23-15-21(27-20(23)24)10-12-22(13-11-21)14-17-18(25-3)8-6-9-19(17)26-4/h6,8-9,16H,5,7,10-15H2,1-4H3/t16-/m1/s1. The van der Waals surface area contributed by atoms with Crippen LogP contribution < -0.4 is 9.47 Å². The SMILES string of the molecule is CCC[C@@H](C)N1CC2(CCN(Cc3c(OC)cccc3OC)CC2)OC1=O. The van der Waals surface area contributed by atoms with Gasteiger partial charge in [0.15, 0.2) is 0 Å². The van der Waals surface area contributed by atoms with Gasteiger partial charge in [-0.1, -0.05) is 19.4 Å². The van der Waals surface area contributed by atoms with Crippen LogP contribution in [0.3, 0.4) is 0 Å². The van der Waals surface area contributed by atoms with Crippen molar-refractivity contribution in [1.82, 2.24) is 9.80 Å². The van der Waals surface area contributed by atoms with E-state index in [0.717, 1.165) is 68.9 Å². The molecule has 2 aliphatic rings. The molecule has 150 valence electrons. The number of methoxy groups -OCH3 is 2. The normalized spacial score (nSPS) is 20.6. The largest absolute Gasteiger partial charge is 0.496 e. The second kappa shape index (κ2) is 8.38. The lowest BCUT2D eigenvalue weighted by molar-refractivity contribution is -0.00156. The molecule has 0 N–H and O–H groups in total. The van der Waals surface area contributed by atoms with E-state index in [1.165, 1.54) is 0 Å². The van der Waals surface area contributed by atoms with Crippen LogP contribution in [0.2, 0.25) is 0 Å². The maximum atomic E-state index is 12.4. The van der Waals surface area contributed by atoms with Crippen LogP contribution in [0.4, 0.5) is 4.79 Å². The summed E-state index contributed by atoms with van der Waals surface area (Å²) in [5.41, 5.74) is 0.750. The lowest BCUT2D eigenvalue weighted by Gasteiger charge is -2.38. The van der Waals surface area contributed by atoms with Crippen molar-refractivity contribution >= 4 is 6.09 Å². The molecule has 6 nitrogen and oxygen atoms in total. The third-order valence-electron chi connectivity index (χ3n) is 5.91. The molecule has 0 unspecified atom stereocenters. The Morgan fingerprint density at radius 3 is 2.37 bits per heavy atom. The van der Waals surface area contributed by atoms with Gasteiger partial charge in [0.2, 0.25) is 0 Å². The van der Waals surface area contributed by atoms with Crippen LogP contribution in [0, 0.1) is 0 Å². The Morgan fingerprint density at radius 2 is 1.81 bits per heavy atom. The zero-order chi connectivity index (χ0) is 19.4. The quantitative estimate of drug-likeness (QED) is 0.727. The first-order valence-electron chi connectivity index (χ1n) is 9.93. The summed E-state index contributed by atoms with van der Waals surface area (Å²) in [7, 11) is 3.38. The Labute approximate surface area is 162 Å². The first kappa shape index (κ1) is 19.8. The molecule has 3 rings (SSSR count). The Balaban J connectivity index is 1.63. The first-order chi connectivity index (χ1) is 13.0. The summed E-state index contributed by atoms with van der Waals surface area (Å²) in [4.78, 5) is 16.7. The molecule has 2 heterocycles. The van der Waals surface area contributed by atoms with E-state index < -0.39 is 0 Å². The van der Waals surface area contributed by atoms with Crippen LogP contribution in [0.25, 0.3) is 0 Å². The summed E-state index contributed by atoms with van der Waals surface area (Å²) in [6.45, 7) is 7.55. The van der Waals surface area contributed by atoms with E-state index in [0.29, 0.717) is 0 Å². The summed E-state index contributed by atoms with van der Waals surface area (Å²) in [6.07, 6.45) is 3.69. The fraction of sp³-hybridized carbons (Fsp3) is 0.667. The molecular formula is C21H32N2O4. The molecule has 6 heteroatoms. The van der Waals surface area contributed by atoms with Crippen molar-refractivity contribution < 1.29 is 19.0 Å². The Morgan fingerprint density at radius 1 is 1.19 bits per heavy atom. The van der Waals surface area contributed by atoms with Gasteiger partial charge in [-0.3, -0.25) is 4.90 Å². The summed E-state index contributed by atoms with van der Waals surface area (Å²) >= 11 is 0. The Hall–Kier alpha value is -1.95. The summed E-state index contributed by atoms with van der Waals surface area (Å²) in [5, 5.41) is 0. The van der Waals surface area contributed by atoms with Crippen LogP contribution in [0.15, 0.2) is 18.2 Å². The molecular weight excluding hydrogens is 344 g/mol. The molecule has 1 aromatic carbocycles. The van der Waals surface area contributed by atoms with Crippen LogP contribution in [0.5, 0.6) is 11.5 Å². The van der Waals surface area contributed by atoms with Crippen molar-refractivity contribution in [3.05, 3.63) is 23.8 Å². The molecule has 0 aromatic heterocycles. The monoisotopic (exact) mass is 376 g/mol. The summed E-state index contributed by atoms with van der Waals surface area (Å²) in [5.74, 6) is 1.70. The van der Waals surface area contributed by atoms with Gasteiger partial charge in [-0.25, -0.2) is 4.79 Å². The van der Waals surface area contributed by atoms with E-state index in [-0.39, 0.29) is 17.7 Å². The number of carbonyl (C=O) groups is 1. The number of amides is 1. The topological polar surface area (TPSA) is 51.2 Å². The second-order valence-corrected chi connectivity index (χ2v) is 7.73. The molecule has 2 aliphatic heterocycles. The predicted molar refractivity (Wildman–Crippen MR) is 104 cm³/mol. The molecule has 27 heavy (non-hydrogen) atoms. The lowest BCUT2D eigenvalue weighted by atomic mass is 9.90. The second-order valence-electron chi connectivity index (χ2n) is 7.73. The van der Waals surface area contributed by atoms with Crippen molar-refractivity contribution in [2.45, 2.75) is 57.7 Å². The number of hydrogen-bond donors (Lipinski definition) is 0. The molecule has 2 fully saturated rings. The summed E-state index contributed by atoms with van der Waals surface area (Å²) < 4.78 is 16.9. The fourth-order valence-electron chi connectivity index (χ4n) is 4.25. The van der Waals surface area contributed by atoms with Gasteiger partial charge in [-0.05, 0) is 25.5 Å². The molecule has 0 bridgehead atoms. The van der Waals surface area contributed by atoms with Crippen molar-refractivity contribution in [2.75, 3.05) is 33.9 Å². The molecule has 1 aromatic rings. The smallest absolute Gasteiger partial charge is 0.410 e. The minimum Gasteiger partial charge on any atom is -0.496 e. The number of likely N-dealkylation sites (tertiary alicyclic amines) is 1. The maximum absolute atomic E-state index is 12.4. The van der Waals surface area contributed by atoms with Crippen molar-refractivity contribution in [3.63, 3.8) is 0 Å².